The number of carbonyl (C=O) groups is 1. The number of alkyl halides is 23. The van der Waals surface area contributed by atoms with Crippen molar-refractivity contribution >= 4 is 5.91 Å². The molecule has 0 aliphatic carbocycles. The van der Waals surface area contributed by atoms with Gasteiger partial charge in [0.25, 0.3) is 5.91 Å². The predicted octanol–water partition coefficient (Wildman–Crippen LogP) is 6.98. The molecule has 44 heavy (non-hydrogen) atoms. The Bertz CT molecular complexity index is 1040. The van der Waals surface area contributed by atoms with Crippen LogP contribution in [-0.4, -0.2) is 103 Å². The normalized spacial score (nSPS) is 16.3. The van der Waals surface area contributed by atoms with E-state index in [0.717, 1.165) is 14.1 Å². The zero-order valence-electron chi connectivity index (χ0n) is 20.6. The quantitative estimate of drug-likeness (QED) is 0.0915. The maximum Gasteiger partial charge on any atom is 0.460 e. The number of amides is 1. The molecule has 0 aliphatic rings. The summed E-state index contributed by atoms with van der Waals surface area (Å²) >= 11 is 0. The van der Waals surface area contributed by atoms with Gasteiger partial charge in [-0.1, -0.05) is 0 Å². The van der Waals surface area contributed by atoms with Gasteiger partial charge in [0.05, 0.1) is 20.6 Å². The smallest absolute Gasteiger partial charge is 0.460 e. The molecular weight excluding hydrogens is 701 g/mol. The predicted molar refractivity (Wildman–Crippen MR) is 93.5 cm³/mol. The van der Waals surface area contributed by atoms with E-state index in [1.165, 1.54) is 0 Å². The fourth-order valence-corrected chi connectivity index (χ4v) is 2.67. The molecule has 1 amide bonds. The lowest BCUT2D eigenvalue weighted by Crippen LogP contribution is -2.78. The topological polar surface area (TPSA) is 52.2 Å². The largest absolute Gasteiger partial charge is 0.633 e. The van der Waals surface area contributed by atoms with Gasteiger partial charge in [-0.05, 0) is 0 Å². The van der Waals surface area contributed by atoms with E-state index >= 15 is 0 Å². The molecule has 1 N–H and O–H groups in total. The summed E-state index contributed by atoms with van der Waals surface area (Å²) in [6, 6.07) is 0. The van der Waals surface area contributed by atoms with E-state index in [0.29, 0.717) is 5.32 Å². The van der Waals surface area contributed by atoms with Gasteiger partial charge in [-0.2, -0.15) is 101 Å². The number of nitrogens with zero attached hydrogens (tertiary/aromatic N) is 1. The molecule has 0 aromatic heterocycles. The number of halogens is 23. The van der Waals surface area contributed by atoms with Crippen LogP contribution in [0.15, 0.2) is 0 Å². The summed E-state index contributed by atoms with van der Waals surface area (Å²) < 4.78 is 306. The molecule has 0 atom stereocenters. The molecule has 0 aromatic carbocycles. The Balaban J connectivity index is 6.91. The molecule has 0 fully saturated rings. The lowest BCUT2D eigenvalue weighted by Gasteiger charge is -2.45. The minimum absolute atomic E-state index is 0.584. The summed E-state index contributed by atoms with van der Waals surface area (Å²) in [4.78, 5) is 11.2. The SMILES string of the molecule is C[N+](C)([O-])CCCNC(=O)C(F)(F)C(F)(F)C(F)(F)C(F)(F)C(F)(F)C(F)(F)C(F)(F)C(F)(F)C(F)(F)C(F)(F)C(F)(F)F. The van der Waals surface area contributed by atoms with Crippen molar-refractivity contribution in [3.05, 3.63) is 5.21 Å². The fourth-order valence-electron chi connectivity index (χ4n) is 2.67. The van der Waals surface area contributed by atoms with Crippen molar-refractivity contribution in [3.8, 4) is 0 Å². The van der Waals surface area contributed by atoms with Crippen molar-refractivity contribution in [1.29, 1.82) is 0 Å². The van der Waals surface area contributed by atoms with Crippen molar-refractivity contribution in [2.75, 3.05) is 27.2 Å². The number of hydrogen-bond acceptors (Lipinski definition) is 2. The lowest BCUT2D eigenvalue weighted by atomic mass is 9.85. The third-order valence-corrected chi connectivity index (χ3v) is 5.35. The van der Waals surface area contributed by atoms with Gasteiger partial charge in [0, 0.05) is 13.0 Å². The first kappa shape index (κ1) is 41.8. The van der Waals surface area contributed by atoms with E-state index in [2.05, 4.69) is 0 Å². The average molecular weight is 714 g/mol. The van der Waals surface area contributed by atoms with Crippen LogP contribution in [0, 0.1) is 5.21 Å². The van der Waals surface area contributed by atoms with Crippen LogP contribution in [0.3, 0.4) is 0 Å². The summed E-state index contributed by atoms with van der Waals surface area (Å²) in [7, 11) is 1.68. The Morgan fingerprint density at radius 3 is 1.00 bits per heavy atom. The highest BCUT2D eigenvalue weighted by atomic mass is 19.4. The van der Waals surface area contributed by atoms with E-state index < -0.39 is 95.5 Å². The van der Waals surface area contributed by atoms with Gasteiger partial charge in [-0.3, -0.25) is 4.79 Å². The number of rotatable bonds is 14. The van der Waals surface area contributed by atoms with Gasteiger partial charge < -0.3 is 15.2 Å². The Morgan fingerprint density at radius 1 is 0.500 bits per heavy atom. The van der Waals surface area contributed by atoms with Crippen LogP contribution in [0.1, 0.15) is 6.42 Å². The number of hydrogen-bond donors (Lipinski definition) is 1. The molecule has 0 saturated heterocycles. The van der Waals surface area contributed by atoms with Crippen LogP contribution in [0.25, 0.3) is 0 Å². The van der Waals surface area contributed by atoms with Gasteiger partial charge in [0.1, 0.15) is 0 Å². The number of hydroxylamine groups is 3. The van der Waals surface area contributed by atoms with Crippen LogP contribution in [0.5, 0.6) is 0 Å². The van der Waals surface area contributed by atoms with Crippen LogP contribution in [-0.2, 0) is 4.79 Å². The van der Waals surface area contributed by atoms with Crippen LogP contribution in [0.4, 0.5) is 101 Å². The number of carbonyl (C=O) groups excluding carboxylic acids is 1. The Morgan fingerprint density at radius 2 is 0.750 bits per heavy atom. The Labute approximate surface area is 227 Å². The molecule has 0 radical (unpaired) electrons. The summed E-state index contributed by atoms with van der Waals surface area (Å²) in [6.45, 7) is -2.08. The third kappa shape index (κ3) is 5.78. The van der Waals surface area contributed by atoms with E-state index in [4.69, 9.17) is 0 Å². The minimum atomic E-state index is -9.50. The highest BCUT2D eigenvalue weighted by Gasteiger charge is 2.99. The van der Waals surface area contributed by atoms with Gasteiger partial charge in [0.15, 0.2) is 0 Å². The second kappa shape index (κ2) is 10.9. The maximum absolute atomic E-state index is 13.8. The van der Waals surface area contributed by atoms with Crippen LogP contribution >= 0.6 is 0 Å². The van der Waals surface area contributed by atoms with E-state index in [1.807, 2.05) is 0 Å². The van der Waals surface area contributed by atoms with Crippen LogP contribution < -0.4 is 5.32 Å². The molecule has 0 spiro atoms. The highest BCUT2D eigenvalue weighted by molar-refractivity contribution is 5.84. The molecule has 0 bridgehead atoms. The molecule has 27 heteroatoms. The molecule has 0 unspecified atom stereocenters. The van der Waals surface area contributed by atoms with Crippen LogP contribution in [0.2, 0.25) is 0 Å². The molecule has 0 aromatic rings. The summed E-state index contributed by atoms with van der Waals surface area (Å²) in [5.74, 6) is -93.3. The van der Waals surface area contributed by atoms with Crippen molar-refractivity contribution in [2.45, 2.75) is 71.8 Å². The van der Waals surface area contributed by atoms with Crippen molar-refractivity contribution in [1.82, 2.24) is 5.32 Å². The van der Waals surface area contributed by atoms with Crippen molar-refractivity contribution in [3.63, 3.8) is 0 Å². The molecule has 4 nitrogen and oxygen atoms in total. The van der Waals surface area contributed by atoms with Crippen molar-refractivity contribution < 1.29 is 110 Å². The second-order valence-electron chi connectivity index (χ2n) is 9.15. The monoisotopic (exact) mass is 714 g/mol. The number of quaternary nitrogens is 1. The molecular formula is C17H13F23N2O2. The summed E-state index contributed by atoms with van der Waals surface area (Å²) in [5, 5.41) is 11.8. The molecule has 0 aliphatic heterocycles. The van der Waals surface area contributed by atoms with E-state index in [9.17, 15) is 111 Å². The lowest BCUT2D eigenvalue weighted by molar-refractivity contribution is -0.840. The third-order valence-electron chi connectivity index (χ3n) is 5.35. The second-order valence-corrected chi connectivity index (χ2v) is 9.15. The van der Waals surface area contributed by atoms with Crippen molar-refractivity contribution in [2.24, 2.45) is 0 Å². The molecule has 0 heterocycles. The van der Waals surface area contributed by atoms with Gasteiger partial charge >= 0.3 is 65.4 Å². The molecule has 0 rings (SSSR count). The van der Waals surface area contributed by atoms with E-state index in [1.54, 1.807) is 0 Å². The molecule has 264 valence electrons. The maximum atomic E-state index is 13.8. The first-order valence-electron chi connectivity index (χ1n) is 10.3. The fraction of sp³-hybridized carbons (Fsp3) is 0.941. The van der Waals surface area contributed by atoms with Gasteiger partial charge in [-0.15, -0.1) is 0 Å². The van der Waals surface area contributed by atoms with Gasteiger partial charge in [0.2, 0.25) is 0 Å². The first-order valence-corrected chi connectivity index (χ1v) is 10.3. The van der Waals surface area contributed by atoms with Gasteiger partial charge in [-0.25, -0.2) is 0 Å². The highest BCUT2D eigenvalue weighted by Crippen LogP contribution is 2.67. The zero-order valence-corrected chi connectivity index (χ0v) is 20.6. The molecule has 0 saturated carbocycles. The zero-order chi connectivity index (χ0) is 36.4. The first-order chi connectivity index (χ1) is 18.6. The number of nitrogens with one attached hydrogen (secondary N) is 1. The Hall–Kier alpha value is -2.22. The summed E-state index contributed by atoms with van der Waals surface area (Å²) in [5.41, 5.74) is 0. The minimum Gasteiger partial charge on any atom is -0.633 e. The standard InChI is InChI=1S/C17H13F23N2O2/c1-42(2,44)5-3-4-41-6(43)7(18,19)8(20,21)9(22,23)10(24,25)11(26,27)12(28,29)13(30,31)14(32,33)15(34,35)16(36,37)17(38,39)40/h3-5H2,1-2H3,(H,41,43). The summed E-state index contributed by atoms with van der Waals surface area (Å²) in [6.07, 6.45) is -8.94. The Kier molecular flexibility index (Phi) is 10.4. The van der Waals surface area contributed by atoms with E-state index in [-0.39, 0.29) is 0 Å². The average Bonchev–Trinajstić information content (AvgIpc) is 2.78.